The molecule has 0 amide bonds. The van der Waals surface area contributed by atoms with E-state index in [1.807, 2.05) is 13.3 Å². The number of anilines is 1. The van der Waals surface area contributed by atoms with Gasteiger partial charge in [0.2, 0.25) is 5.89 Å². The lowest BCUT2D eigenvalue weighted by atomic mass is 9.95. The molecule has 0 radical (unpaired) electrons. The highest BCUT2D eigenvalue weighted by atomic mass is 32.2. The zero-order chi connectivity index (χ0) is 17.3. The average molecular weight is 347 g/mol. The summed E-state index contributed by atoms with van der Waals surface area (Å²) in [4.78, 5) is 13.7. The minimum atomic E-state index is -0.162. The Morgan fingerprint density at radius 2 is 2.04 bits per heavy atom. The van der Waals surface area contributed by atoms with E-state index in [4.69, 9.17) is 4.52 Å². The Hall–Kier alpha value is -2.16. The van der Waals surface area contributed by atoms with Gasteiger partial charge in [0.15, 0.2) is 11.5 Å². The minimum absolute atomic E-state index is 0.162. The molecular formula is C15H21N7OS. The van der Waals surface area contributed by atoms with Crippen LogP contribution in [0.5, 0.6) is 0 Å². The lowest BCUT2D eigenvalue weighted by molar-refractivity contribution is 0.379. The van der Waals surface area contributed by atoms with E-state index in [1.165, 1.54) is 0 Å². The zero-order valence-corrected chi connectivity index (χ0v) is 15.3. The Balaban J connectivity index is 1.89. The molecule has 9 heteroatoms. The molecule has 3 rings (SSSR count). The van der Waals surface area contributed by atoms with Crippen LogP contribution >= 0.6 is 11.8 Å². The number of aryl methyl sites for hydroxylation is 1. The molecule has 3 heterocycles. The molecule has 3 aromatic rings. The van der Waals surface area contributed by atoms with Crippen molar-refractivity contribution in [2.45, 2.75) is 38.5 Å². The summed E-state index contributed by atoms with van der Waals surface area (Å²) in [6, 6.07) is 0. The minimum Gasteiger partial charge on any atom is -0.360 e. The molecule has 0 aromatic carbocycles. The summed E-state index contributed by atoms with van der Waals surface area (Å²) in [5.41, 5.74) is 0.635. The fraction of sp³-hybridized carbons (Fsp3) is 0.533. The van der Waals surface area contributed by atoms with Crippen LogP contribution in [-0.4, -0.2) is 36.1 Å². The number of thioether (sulfide) groups is 1. The fourth-order valence-electron chi connectivity index (χ4n) is 2.20. The first-order valence-corrected chi connectivity index (χ1v) is 9.02. The highest BCUT2D eigenvalue weighted by Crippen LogP contribution is 2.26. The van der Waals surface area contributed by atoms with E-state index in [0.717, 1.165) is 28.4 Å². The highest BCUT2D eigenvalue weighted by molar-refractivity contribution is 7.97. The van der Waals surface area contributed by atoms with Gasteiger partial charge in [-0.3, -0.25) is 4.68 Å². The Morgan fingerprint density at radius 1 is 1.25 bits per heavy atom. The second-order valence-corrected chi connectivity index (χ2v) is 7.41. The molecular weight excluding hydrogens is 326 g/mol. The molecule has 3 aromatic heterocycles. The molecule has 0 bridgehead atoms. The maximum Gasteiger partial charge on any atom is 0.246 e. The summed E-state index contributed by atoms with van der Waals surface area (Å²) < 4.78 is 7.00. The monoisotopic (exact) mass is 347 g/mol. The van der Waals surface area contributed by atoms with E-state index in [9.17, 15) is 0 Å². The first kappa shape index (κ1) is 16.7. The van der Waals surface area contributed by atoms with Crippen LogP contribution in [0.15, 0.2) is 10.7 Å². The SMILES string of the molecule is CSCc1noc(CNc2nc(C(C)(C)C)nc3c2cnn3C)n1. The number of rotatable bonds is 5. The molecule has 0 aliphatic rings. The molecule has 0 unspecified atom stereocenters. The molecule has 0 fully saturated rings. The second-order valence-electron chi connectivity index (χ2n) is 6.54. The van der Waals surface area contributed by atoms with Crippen molar-refractivity contribution in [3.05, 3.63) is 23.7 Å². The second kappa shape index (κ2) is 6.39. The van der Waals surface area contributed by atoms with Gasteiger partial charge in [0.1, 0.15) is 11.6 Å². The smallest absolute Gasteiger partial charge is 0.246 e. The van der Waals surface area contributed by atoms with Crippen LogP contribution in [0.2, 0.25) is 0 Å². The first-order valence-electron chi connectivity index (χ1n) is 7.63. The van der Waals surface area contributed by atoms with E-state index in [1.54, 1.807) is 22.6 Å². The van der Waals surface area contributed by atoms with Crippen molar-refractivity contribution in [3.8, 4) is 0 Å². The quantitative estimate of drug-likeness (QED) is 0.752. The van der Waals surface area contributed by atoms with Crippen LogP contribution in [-0.2, 0) is 24.8 Å². The average Bonchev–Trinajstić information content (AvgIpc) is 3.12. The van der Waals surface area contributed by atoms with Crippen molar-refractivity contribution in [3.63, 3.8) is 0 Å². The number of nitrogens with one attached hydrogen (secondary N) is 1. The van der Waals surface area contributed by atoms with Crippen LogP contribution in [0.25, 0.3) is 11.0 Å². The number of hydrogen-bond donors (Lipinski definition) is 1. The third kappa shape index (κ3) is 3.35. The van der Waals surface area contributed by atoms with Crippen LogP contribution < -0.4 is 5.32 Å². The maximum absolute atomic E-state index is 5.25. The van der Waals surface area contributed by atoms with Crippen molar-refractivity contribution in [1.82, 2.24) is 29.9 Å². The molecule has 24 heavy (non-hydrogen) atoms. The van der Waals surface area contributed by atoms with Crippen LogP contribution in [0.3, 0.4) is 0 Å². The fourth-order valence-corrected chi connectivity index (χ4v) is 2.58. The molecule has 0 atom stereocenters. The first-order chi connectivity index (χ1) is 11.4. The third-order valence-electron chi connectivity index (χ3n) is 3.45. The number of fused-ring (bicyclic) bond motifs is 1. The topological polar surface area (TPSA) is 94.5 Å². The van der Waals surface area contributed by atoms with E-state index < -0.39 is 0 Å². The summed E-state index contributed by atoms with van der Waals surface area (Å²) in [5, 5.41) is 12.4. The van der Waals surface area contributed by atoms with Gasteiger partial charge in [0.25, 0.3) is 0 Å². The van der Waals surface area contributed by atoms with Crippen molar-refractivity contribution in [2.75, 3.05) is 11.6 Å². The van der Waals surface area contributed by atoms with Gasteiger partial charge in [-0.25, -0.2) is 9.97 Å². The molecule has 0 spiro atoms. The van der Waals surface area contributed by atoms with Crippen molar-refractivity contribution in [1.29, 1.82) is 0 Å². The van der Waals surface area contributed by atoms with E-state index in [2.05, 4.69) is 51.3 Å². The highest BCUT2D eigenvalue weighted by Gasteiger charge is 2.21. The molecule has 0 saturated carbocycles. The van der Waals surface area contributed by atoms with E-state index in [-0.39, 0.29) is 5.41 Å². The predicted molar refractivity (Wildman–Crippen MR) is 93.8 cm³/mol. The number of nitrogens with zero attached hydrogens (tertiary/aromatic N) is 6. The summed E-state index contributed by atoms with van der Waals surface area (Å²) in [7, 11) is 1.87. The molecule has 0 saturated heterocycles. The van der Waals surface area contributed by atoms with Gasteiger partial charge in [-0.05, 0) is 6.26 Å². The maximum atomic E-state index is 5.25. The van der Waals surface area contributed by atoms with Gasteiger partial charge >= 0.3 is 0 Å². The Kier molecular flexibility index (Phi) is 4.44. The van der Waals surface area contributed by atoms with Gasteiger partial charge in [-0.1, -0.05) is 25.9 Å². The molecule has 0 aliphatic carbocycles. The third-order valence-corrected chi connectivity index (χ3v) is 4.00. The van der Waals surface area contributed by atoms with Crippen molar-refractivity contribution in [2.24, 2.45) is 7.05 Å². The van der Waals surface area contributed by atoms with Crippen LogP contribution in [0, 0.1) is 0 Å². The number of aromatic nitrogens is 6. The van der Waals surface area contributed by atoms with Gasteiger partial charge < -0.3 is 9.84 Å². The Morgan fingerprint density at radius 3 is 2.75 bits per heavy atom. The lowest BCUT2D eigenvalue weighted by Gasteiger charge is -2.18. The van der Waals surface area contributed by atoms with Gasteiger partial charge in [0, 0.05) is 12.5 Å². The lowest BCUT2D eigenvalue weighted by Crippen LogP contribution is -2.18. The van der Waals surface area contributed by atoms with E-state index in [0.29, 0.717) is 18.3 Å². The zero-order valence-electron chi connectivity index (χ0n) is 14.5. The summed E-state index contributed by atoms with van der Waals surface area (Å²) in [6.07, 6.45) is 3.76. The molecule has 1 N–H and O–H groups in total. The van der Waals surface area contributed by atoms with Gasteiger partial charge in [-0.15, -0.1) is 0 Å². The largest absolute Gasteiger partial charge is 0.360 e. The molecule has 0 aliphatic heterocycles. The normalized spacial score (nSPS) is 12.0. The van der Waals surface area contributed by atoms with Gasteiger partial charge in [-0.2, -0.15) is 21.8 Å². The van der Waals surface area contributed by atoms with Crippen molar-refractivity contribution >= 4 is 28.6 Å². The Labute approximate surface area is 144 Å². The Bertz CT molecular complexity index is 849. The number of hydrogen-bond acceptors (Lipinski definition) is 8. The summed E-state index contributed by atoms with van der Waals surface area (Å²) in [5.74, 6) is 3.45. The van der Waals surface area contributed by atoms with Crippen LogP contribution in [0.1, 0.15) is 38.3 Å². The standard InChI is InChI=1S/C15H21N7OS/c1-15(2,3)14-19-12(9-6-17-22(4)13(9)20-14)16-7-11-18-10(8-24-5)21-23-11/h6H,7-8H2,1-5H3,(H,16,19,20). The molecule has 128 valence electrons. The summed E-state index contributed by atoms with van der Waals surface area (Å²) in [6.45, 7) is 6.66. The van der Waals surface area contributed by atoms with Crippen LogP contribution in [0.4, 0.5) is 5.82 Å². The van der Waals surface area contributed by atoms with Gasteiger partial charge in [0.05, 0.1) is 23.9 Å². The van der Waals surface area contributed by atoms with Crippen molar-refractivity contribution < 1.29 is 4.52 Å². The summed E-state index contributed by atoms with van der Waals surface area (Å²) >= 11 is 1.65. The van der Waals surface area contributed by atoms with E-state index >= 15 is 0 Å². The molecule has 8 nitrogen and oxygen atoms in total. The predicted octanol–water partition coefficient (Wildman–Crippen LogP) is 2.52.